The van der Waals surface area contributed by atoms with E-state index in [-0.39, 0.29) is 12.0 Å². The van der Waals surface area contributed by atoms with Crippen LogP contribution in [0.4, 0.5) is 0 Å². The van der Waals surface area contributed by atoms with Crippen molar-refractivity contribution in [2.75, 3.05) is 0 Å². The summed E-state index contributed by atoms with van der Waals surface area (Å²) in [4.78, 5) is 11.2. The van der Waals surface area contributed by atoms with Gasteiger partial charge in [-0.15, -0.1) is 0 Å². The molecule has 88 valence electrons. The fourth-order valence-corrected chi connectivity index (χ4v) is 1.97. The fraction of sp³-hybridized carbons (Fsp3) is 0.583. The average molecular weight is 223 g/mol. The largest absolute Gasteiger partial charge is 0.368 e. The van der Waals surface area contributed by atoms with Crippen LogP contribution < -0.4 is 5.32 Å². The van der Waals surface area contributed by atoms with Gasteiger partial charge in [-0.25, -0.2) is 0 Å². The lowest BCUT2D eigenvalue weighted by Crippen LogP contribution is -2.47. The van der Waals surface area contributed by atoms with Crippen molar-refractivity contribution in [1.29, 1.82) is 0 Å². The van der Waals surface area contributed by atoms with Crippen molar-refractivity contribution in [2.24, 2.45) is 0 Å². The standard InChI is InChI=1S/C12H17NO3/c1-2-3-4-5-6-7-8-12(15)10-9(16-10)11(14)13-12/h2-3,5-6,9-10,15H,4,7-8H2,1H3,(H,13,14)/b3-2+,6-5+/t9-,10+,12-/m1/s1. The molecule has 3 atom stereocenters. The summed E-state index contributed by atoms with van der Waals surface area (Å²) < 4.78 is 5.08. The number of hydrogen-bond donors (Lipinski definition) is 2. The third-order valence-electron chi connectivity index (χ3n) is 2.93. The van der Waals surface area contributed by atoms with Gasteiger partial charge in [-0.1, -0.05) is 24.3 Å². The van der Waals surface area contributed by atoms with E-state index in [9.17, 15) is 9.90 Å². The van der Waals surface area contributed by atoms with Gasteiger partial charge in [0.05, 0.1) is 0 Å². The van der Waals surface area contributed by atoms with Gasteiger partial charge >= 0.3 is 0 Å². The van der Waals surface area contributed by atoms with Crippen LogP contribution in [0.3, 0.4) is 0 Å². The quantitative estimate of drug-likeness (QED) is 0.537. The van der Waals surface area contributed by atoms with E-state index in [1.54, 1.807) is 0 Å². The molecule has 0 aromatic rings. The van der Waals surface area contributed by atoms with Gasteiger partial charge in [-0.05, 0) is 19.8 Å². The molecule has 2 aliphatic heterocycles. The highest BCUT2D eigenvalue weighted by molar-refractivity contribution is 5.88. The van der Waals surface area contributed by atoms with E-state index in [2.05, 4.69) is 11.4 Å². The van der Waals surface area contributed by atoms with E-state index < -0.39 is 11.8 Å². The summed E-state index contributed by atoms with van der Waals surface area (Å²) in [6.07, 6.45) is 9.53. The normalized spacial score (nSPS) is 37.0. The summed E-state index contributed by atoms with van der Waals surface area (Å²) in [5.41, 5.74) is -1.15. The van der Waals surface area contributed by atoms with Crippen molar-refractivity contribution in [3.05, 3.63) is 24.3 Å². The summed E-state index contributed by atoms with van der Waals surface area (Å²) in [5.74, 6) is -0.189. The highest BCUT2D eigenvalue weighted by atomic mass is 16.6. The van der Waals surface area contributed by atoms with Gasteiger partial charge in [-0.3, -0.25) is 4.79 Å². The maximum absolute atomic E-state index is 11.2. The monoisotopic (exact) mass is 223 g/mol. The zero-order valence-electron chi connectivity index (χ0n) is 9.35. The fourth-order valence-electron chi connectivity index (χ4n) is 1.97. The van der Waals surface area contributed by atoms with E-state index in [4.69, 9.17) is 4.74 Å². The molecule has 0 bridgehead atoms. The molecule has 0 radical (unpaired) electrons. The molecule has 0 spiro atoms. The second-order valence-corrected chi connectivity index (χ2v) is 4.21. The minimum absolute atomic E-state index is 0.189. The van der Waals surface area contributed by atoms with Crippen LogP contribution in [0.15, 0.2) is 24.3 Å². The van der Waals surface area contributed by atoms with E-state index in [1.165, 1.54) is 0 Å². The summed E-state index contributed by atoms with van der Waals surface area (Å²) in [5, 5.41) is 12.6. The van der Waals surface area contributed by atoms with Crippen molar-refractivity contribution in [2.45, 2.75) is 44.1 Å². The number of hydrogen-bond acceptors (Lipinski definition) is 3. The van der Waals surface area contributed by atoms with Crippen LogP contribution >= 0.6 is 0 Å². The highest BCUT2D eigenvalue weighted by Gasteiger charge is 2.64. The molecule has 16 heavy (non-hydrogen) atoms. The minimum Gasteiger partial charge on any atom is -0.368 e. The first-order valence-electron chi connectivity index (χ1n) is 5.63. The Labute approximate surface area is 95.0 Å². The number of allylic oxidation sites excluding steroid dienone is 4. The molecule has 2 aliphatic rings. The molecule has 2 heterocycles. The van der Waals surface area contributed by atoms with Gasteiger partial charge < -0.3 is 15.2 Å². The smallest absolute Gasteiger partial charge is 0.254 e. The first-order chi connectivity index (χ1) is 7.67. The van der Waals surface area contributed by atoms with Crippen molar-refractivity contribution < 1.29 is 14.6 Å². The number of carbonyl (C=O) groups is 1. The summed E-state index contributed by atoms with van der Waals surface area (Å²) in [7, 11) is 0. The number of carbonyl (C=O) groups excluding carboxylic acids is 1. The summed E-state index contributed by atoms with van der Waals surface area (Å²) in [6, 6.07) is 0. The Morgan fingerprint density at radius 3 is 2.88 bits per heavy atom. The number of morpholine rings is 1. The number of fused-ring (bicyclic) bond motifs is 1. The van der Waals surface area contributed by atoms with E-state index in [0.717, 1.165) is 12.8 Å². The number of ether oxygens (including phenoxy) is 1. The molecule has 0 aromatic carbocycles. The summed E-state index contributed by atoms with van der Waals surface area (Å²) >= 11 is 0. The van der Waals surface area contributed by atoms with Crippen molar-refractivity contribution in [1.82, 2.24) is 5.32 Å². The van der Waals surface area contributed by atoms with Gasteiger partial charge in [0.15, 0.2) is 11.8 Å². The lowest BCUT2D eigenvalue weighted by atomic mass is 10.0. The zero-order chi connectivity index (χ0) is 11.6. The Hall–Kier alpha value is -1.13. The molecule has 4 heteroatoms. The van der Waals surface area contributed by atoms with E-state index in [0.29, 0.717) is 6.42 Å². The molecule has 2 rings (SSSR count). The van der Waals surface area contributed by atoms with Gasteiger partial charge in [0.25, 0.3) is 5.91 Å². The van der Waals surface area contributed by atoms with Crippen LogP contribution in [0.2, 0.25) is 0 Å². The van der Waals surface area contributed by atoms with Crippen LogP contribution in [0.1, 0.15) is 26.2 Å². The predicted octanol–water partition coefficient (Wildman–Crippen LogP) is 0.875. The van der Waals surface area contributed by atoms with Crippen LogP contribution in [-0.4, -0.2) is 28.9 Å². The predicted molar refractivity (Wildman–Crippen MR) is 59.6 cm³/mol. The first-order valence-corrected chi connectivity index (χ1v) is 5.63. The Morgan fingerprint density at radius 1 is 1.50 bits per heavy atom. The third kappa shape index (κ3) is 2.18. The Kier molecular flexibility index (Phi) is 3.12. The lowest BCUT2D eigenvalue weighted by molar-refractivity contribution is -0.129. The minimum atomic E-state index is -1.15. The molecular formula is C12H17NO3. The van der Waals surface area contributed by atoms with Gasteiger partial charge in [0.1, 0.15) is 6.10 Å². The number of epoxide rings is 1. The first kappa shape index (κ1) is 11.4. The molecule has 0 aliphatic carbocycles. The van der Waals surface area contributed by atoms with Gasteiger partial charge in [0.2, 0.25) is 0 Å². The van der Waals surface area contributed by atoms with E-state index in [1.807, 2.05) is 25.2 Å². The van der Waals surface area contributed by atoms with Crippen molar-refractivity contribution in [3.8, 4) is 0 Å². The number of amides is 1. The SMILES string of the molecule is C/C=C/C/C=C/CC[C@]1(O)NC(=O)[C@@H]2O[C@@H]21. The number of rotatable bonds is 5. The Bertz CT molecular complexity index is 337. The maximum Gasteiger partial charge on any atom is 0.254 e. The Balaban J connectivity index is 1.74. The molecular weight excluding hydrogens is 206 g/mol. The molecule has 4 nitrogen and oxygen atoms in total. The second-order valence-electron chi connectivity index (χ2n) is 4.21. The highest BCUT2D eigenvalue weighted by Crippen LogP contribution is 2.39. The molecule has 2 N–H and O–H groups in total. The van der Waals surface area contributed by atoms with E-state index >= 15 is 0 Å². The van der Waals surface area contributed by atoms with Crippen LogP contribution in [0, 0.1) is 0 Å². The molecule has 2 saturated heterocycles. The second kappa shape index (κ2) is 4.39. The maximum atomic E-state index is 11.2. The van der Waals surface area contributed by atoms with Crippen LogP contribution in [0.5, 0.6) is 0 Å². The topological polar surface area (TPSA) is 61.9 Å². The number of aliphatic hydroxyl groups is 1. The van der Waals surface area contributed by atoms with Crippen LogP contribution in [0.25, 0.3) is 0 Å². The van der Waals surface area contributed by atoms with Gasteiger partial charge in [0, 0.05) is 6.42 Å². The zero-order valence-corrected chi connectivity index (χ0v) is 9.35. The third-order valence-corrected chi connectivity index (χ3v) is 2.93. The summed E-state index contributed by atoms with van der Waals surface area (Å²) in [6.45, 7) is 1.98. The molecule has 0 saturated carbocycles. The number of nitrogens with one attached hydrogen (secondary N) is 1. The lowest BCUT2D eigenvalue weighted by Gasteiger charge is -2.22. The molecule has 0 aromatic heterocycles. The average Bonchev–Trinajstić information content (AvgIpc) is 2.99. The van der Waals surface area contributed by atoms with Crippen LogP contribution in [-0.2, 0) is 9.53 Å². The van der Waals surface area contributed by atoms with Crippen molar-refractivity contribution >= 4 is 5.91 Å². The molecule has 1 amide bonds. The van der Waals surface area contributed by atoms with Gasteiger partial charge in [-0.2, -0.15) is 0 Å². The Morgan fingerprint density at radius 2 is 2.31 bits per heavy atom. The molecule has 0 unspecified atom stereocenters. The molecule has 2 fully saturated rings. The van der Waals surface area contributed by atoms with Crippen molar-refractivity contribution in [3.63, 3.8) is 0 Å².